The molecule has 4 aromatic rings. The summed E-state index contributed by atoms with van der Waals surface area (Å²) < 4.78 is 18.2. The number of rotatable bonds is 2. The zero-order chi connectivity index (χ0) is 16.1. The Balaban J connectivity index is 1.90. The Morgan fingerprint density at radius 2 is 2.04 bits per heavy atom. The molecule has 4 rings (SSSR count). The summed E-state index contributed by atoms with van der Waals surface area (Å²) in [5, 5.41) is 17.7. The molecule has 0 bridgehead atoms. The van der Waals surface area contributed by atoms with E-state index in [1.54, 1.807) is 27.5 Å². The lowest BCUT2D eigenvalue weighted by molar-refractivity contribution is 0.629. The fourth-order valence-electron chi connectivity index (χ4n) is 2.27. The Morgan fingerprint density at radius 3 is 2.78 bits per heavy atom. The number of halogens is 2. The summed E-state index contributed by atoms with van der Waals surface area (Å²) in [6, 6.07) is 4.70. The van der Waals surface area contributed by atoms with E-state index in [0.717, 1.165) is 20.7 Å². The maximum absolute atomic E-state index is 14.1. The van der Waals surface area contributed by atoms with Crippen LogP contribution in [0.25, 0.3) is 26.9 Å². The molecular formula is C14H10BrFN6S. The zero-order valence-electron chi connectivity index (χ0n) is 12.2. The number of benzene rings is 1. The van der Waals surface area contributed by atoms with E-state index < -0.39 is 0 Å². The van der Waals surface area contributed by atoms with E-state index >= 15 is 0 Å². The first-order valence-corrected chi connectivity index (χ1v) is 8.32. The molecule has 9 heteroatoms. The Labute approximate surface area is 142 Å². The van der Waals surface area contributed by atoms with Crippen molar-refractivity contribution in [2.75, 3.05) is 0 Å². The molecule has 0 unspecified atom stereocenters. The highest BCUT2D eigenvalue weighted by Crippen LogP contribution is 2.31. The number of hydrogen-bond donors (Lipinski definition) is 0. The van der Waals surface area contributed by atoms with Crippen LogP contribution in [-0.4, -0.2) is 29.6 Å². The highest BCUT2D eigenvalue weighted by Gasteiger charge is 2.19. The lowest BCUT2D eigenvalue weighted by Gasteiger charge is -2.00. The molecule has 1 aromatic carbocycles. The maximum Gasteiger partial charge on any atom is 0.235 e. The molecule has 3 heterocycles. The average Bonchev–Trinajstić information content (AvgIpc) is 3.18. The van der Waals surface area contributed by atoms with Crippen LogP contribution in [0, 0.1) is 12.7 Å². The summed E-state index contributed by atoms with van der Waals surface area (Å²) in [6.45, 7) is 1.97. The van der Waals surface area contributed by atoms with Crippen LogP contribution in [0.15, 0.2) is 28.9 Å². The minimum absolute atomic E-state index is 0.353. The van der Waals surface area contributed by atoms with Crippen LogP contribution in [0.4, 0.5) is 4.39 Å². The van der Waals surface area contributed by atoms with Gasteiger partial charge in [-0.3, -0.25) is 4.68 Å². The first-order valence-electron chi connectivity index (χ1n) is 6.71. The monoisotopic (exact) mass is 392 g/mol. The van der Waals surface area contributed by atoms with Crippen LogP contribution in [0.1, 0.15) is 5.69 Å². The summed E-state index contributed by atoms with van der Waals surface area (Å²) in [7, 11) is 1.88. The molecule has 3 aromatic heterocycles. The molecule has 0 radical (unpaired) electrons. The Hall–Kier alpha value is -2.13. The molecular weight excluding hydrogens is 383 g/mol. The smallest absolute Gasteiger partial charge is 0.235 e. The van der Waals surface area contributed by atoms with Crippen LogP contribution >= 0.6 is 27.3 Å². The van der Waals surface area contributed by atoms with E-state index in [0.29, 0.717) is 16.3 Å². The van der Waals surface area contributed by atoms with Gasteiger partial charge in [0.15, 0.2) is 10.8 Å². The van der Waals surface area contributed by atoms with E-state index in [1.807, 2.05) is 14.0 Å². The van der Waals surface area contributed by atoms with Crippen molar-refractivity contribution < 1.29 is 4.39 Å². The summed E-state index contributed by atoms with van der Waals surface area (Å²) in [5.41, 5.74) is 2.29. The van der Waals surface area contributed by atoms with E-state index in [4.69, 9.17) is 0 Å². The second-order valence-electron chi connectivity index (χ2n) is 5.02. The fourth-order valence-corrected chi connectivity index (χ4v) is 3.53. The molecule has 0 aliphatic carbocycles. The number of hydrogen-bond acceptors (Lipinski definition) is 5. The third-order valence-corrected chi connectivity index (χ3v) is 5.05. The lowest BCUT2D eigenvalue weighted by atomic mass is 10.2. The van der Waals surface area contributed by atoms with Crippen molar-refractivity contribution in [1.82, 2.24) is 29.6 Å². The molecule has 0 spiro atoms. The molecule has 0 saturated heterocycles. The number of aromatic nitrogens is 6. The van der Waals surface area contributed by atoms with Gasteiger partial charge in [-0.15, -0.1) is 10.2 Å². The SMILES string of the molecule is Cc1c(-c2nn3c(-c4cc(Br)ccc4F)nnc3s2)cnn1C. The summed E-state index contributed by atoms with van der Waals surface area (Å²) in [6.07, 6.45) is 1.76. The van der Waals surface area contributed by atoms with Gasteiger partial charge in [-0.2, -0.15) is 14.7 Å². The van der Waals surface area contributed by atoms with Crippen LogP contribution in [-0.2, 0) is 7.05 Å². The first-order chi connectivity index (χ1) is 11.0. The normalized spacial score (nSPS) is 11.5. The molecule has 0 N–H and O–H groups in total. The van der Waals surface area contributed by atoms with Gasteiger partial charge in [0, 0.05) is 17.2 Å². The van der Waals surface area contributed by atoms with Gasteiger partial charge < -0.3 is 0 Å². The van der Waals surface area contributed by atoms with E-state index in [1.165, 1.54) is 17.4 Å². The van der Waals surface area contributed by atoms with Gasteiger partial charge >= 0.3 is 0 Å². The van der Waals surface area contributed by atoms with Crippen molar-refractivity contribution in [2.24, 2.45) is 7.05 Å². The van der Waals surface area contributed by atoms with E-state index in [-0.39, 0.29) is 5.82 Å². The number of aryl methyl sites for hydroxylation is 1. The highest BCUT2D eigenvalue weighted by atomic mass is 79.9. The standard InChI is InChI=1S/C14H10BrFN6S/c1-7-10(6-17-21(7)2)13-20-22-12(18-19-14(22)23-13)9-5-8(15)3-4-11(9)16/h3-6H,1-2H3. The van der Waals surface area contributed by atoms with Gasteiger partial charge in [0.05, 0.1) is 17.3 Å². The number of fused-ring (bicyclic) bond motifs is 1. The van der Waals surface area contributed by atoms with Gasteiger partial charge in [0.25, 0.3) is 0 Å². The molecule has 6 nitrogen and oxygen atoms in total. The first kappa shape index (κ1) is 14.5. The fraction of sp³-hybridized carbons (Fsp3) is 0.143. The van der Waals surface area contributed by atoms with Crippen molar-refractivity contribution >= 4 is 32.2 Å². The predicted molar refractivity (Wildman–Crippen MR) is 88.7 cm³/mol. The zero-order valence-corrected chi connectivity index (χ0v) is 14.6. The quantitative estimate of drug-likeness (QED) is 0.523. The molecule has 116 valence electrons. The molecule has 0 saturated carbocycles. The van der Waals surface area contributed by atoms with E-state index in [9.17, 15) is 4.39 Å². The van der Waals surface area contributed by atoms with Gasteiger partial charge in [0.2, 0.25) is 4.96 Å². The van der Waals surface area contributed by atoms with Gasteiger partial charge in [-0.1, -0.05) is 27.3 Å². The predicted octanol–water partition coefficient (Wildman–Crippen LogP) is 3.46. The van der Waals surface area contributed by atoms with Crippen LogP contribution in [0.3, 0.4) is 0 Å². The molecule has 0 amide bonds. The van der Waals surface area contributed by atoms with Crippen LogP contribution in [0.5, 0.6) is 0 Å². The molecule has 0 aliphatic rings. The third kappa shape index (κ3) is 2.27. The summed E-state index contributed by atoms with van der Waals surface area (Å²) in [4.78, 5) is 0.609. The second-order valence-corrected chi connectivity index (χ2v) is 6.89. The second kappa shape index (κ2) is 5.20. The lowest BCUT2D eigenvalue weighted by Crippen LogP contribution is -1.95. The average molecular weight is 393 g/mol. The van der Waals surface area contributed by atoms with Crippen molar-refractivity contribution in [1.29, 1.82) is 0 Å². The third-order valence-electron chi connectivity index (χ3n) is 3.63. The minimum atomic E-state index is -0.366. The largest absolute Gasteiger partial charge is 0.272 e. The van der Waals surface area contributed by atoms with Crippen molar-refractivity contribution in [3.05, 3.63) is 40.4 Å². The van der Waals surface area contributed by atoms with Crippen molar-refractivity contribution in [2.45, 2.75) is 6.92 Å². The topological polar surface area (TPSA) is 60.9 Å². The molecule has 0 aliphatic heterocycles. The van der Waals surface area contributed by atoms with Gasteiger partial charge in [-0.25, -0.2) is 4.39 Å². The molecule has 0 atom stereocenters. The molecule has 23 heavy (non-hydrogen) atoms. The van der Waals surface area contributed by atoms with Crippen LogP contribution in [0.2, 0.25) is 0 Å². The van der Waals surface area contributed by atoms with E-state index in [2.05, 4.69) is 36.3 Å². The van der Waals surface area contributed by atoms with Crippen molar-refractivity contribution in [3.63, 3.8) is 0 Å². The number of nitrogens with zero attached hydrogens (tertiary/aromatic N) is 6. The van der Waals surface area contributed by atoms with Gasteiger partial charge in [0.1, 0.15) is 5.82 Å². The minimum Gasteiger partial charge on any atom is -0.272 e. The summed E-state index contributed by atoms with van der Waals surface area (Å²) in [5.74, 6) is 0.0115. The van der Waals surface area contributed by atoms with Gasteiger partial charge in [-0.05, 0) is 25.1 Å². The highest BCUT2D eigenvalue weighted by molar-refractivity contribution is 9.10. The van der Waals surface area contributed by atoms with Crippen molar-refractivity contribution in [3.8, 4) is 22.0 Å². The maximum atomic E-state index is 14.1. The van der Waals surface area contributed by atoms with Crippen LogP contribution < -0.4 is 0 Å². The Kier molecular flexibility index (Phi) is 3.27. The Bertz CT molecular complexity index is 1030. The Morgan fingerprint density at radius 1 is 1.22 bits per heavy atom. The summed E-state index contributed by atoms with van der Waals surface area (Å²) >= 11 is 4.74. The molecule has 0 fully saturated rings.